The Morgan fingerprint density at radius 2 is 1.85 bits per heavy atom. The molecule has 1 aromatic heterocycles. The fourth-order valence-electron chi connectivity index (χ4n) is 2.45. The van der Waals surface area contributed by atoms with E-state index in [4.69, 9.17) is 21.4 Å². The van der Waals surface area contributed by atoms with Crippen LogP contribution < -0.4 is 4.74 Å². The first-order valence-electron chi connectivity index (χ1n) is 7.00. The fraction of sp³-hybridized carbons (Fsp3) is 0.188. The van der Waals surface area contributed by atoms with E-state index in [1.54, 1.807) is 12.4 Å². The molecule has 1 N–H and O–H groups in total. The minimum Gasteiger partial charge on any atom is -0.478 e. The van der Waals surface area contributed by atoms with Gasteiger partial charge in [0.25, 0.3) is 0 Å². The van der Waals surface area contributed by atoms with Crippen molar-refractivity contribution in [1.82, 2.24) is 9.97 Å². The molecule has 0 amide bonds. The molecule has 146 valence electrons. The molecule has 2 heterocycles. The molecule has 3 rings (SSSR count). The number of aliphatic carboxylic acids is 1. The van der Waals surface area contributed by atoms with Crippen LogP contribution in [0.1, 0.15) is 16.7 Å². The number of rotatable bonds is 3. The Balaban J connectivity index is 0.00000182. The minimum atomic E-state index is -4.85. The van der Waals surface area contributed by atoms with Gasteiger partial charge < -0.3 is 9.84 Å². The smallest absolute Gasteiger partial charge is 0.430 e. The van der Waals surface area contributed by atoms with Crippen LogP contribution in [0.25, 0.3) is 6.08 Å². The van der Waals surface area contributed by atoms with Gasteiger partial charge in [-0.2, -0.15) is 13.2 Å². The molecule has 0 radical (unpaired) electrons. The lowest BCUT2D eigenvalue weighted by molar-refractivity contribution is -0.187. The van der Waals surface area contributed by atoms with Gasteiger partial charge >= 0.3 is 12.1 Å². The third-order valence-corrected chi connectivity index (χ3v) is 3.92. The van der Waals surface area contributed by atoms with E-state index < -0.39 is 23.8 Å². The Bertz CT molecular complexity index is 861. The van der Waals surface area contributed by atoms with Crippen molar-refractivity contribution in [3.8, 4) is 5.75 Å². The van der Waals surface area contributed by atoms with Crippen LogP contribution in [0.5, 0.6) is 5.75 Å². The monoisotopic (exact) mass is 442 g/mol. The van der Waals surface area contributed by atoms with Crippen LogP contribution in [0.15, 0.2) is 36.4 Å². The van der Waals surface area contributed by atoms with Crippen molar-refractivity contribution in [3.63, 3.8) is 0 Å². The van der Waals surface area contributed by atoms with Crippen molar-refractivity contribution < 1.29 is 27.8 Å². The number of aromatic nitrogens is 2. The summed E-state index contributed by atoms with van der Waals surface area (Å²) in [6, 6.07) is 2.75. The molecule has 0 saturated carbocycles. The van der Waals surface area contributed by atoms with Crippen molar-refractivity contribution in [2.45, 2.75) is 18.7 Å². The molecule has 1 aliphatic rings. The van der Waals surface area contributed by atoms with E-state index in [-0.39, 0.29) is 41.1 Å². The molecule has 11 heteroatoms. The van der Waals surface area contributed by atoms with Gasteiger partial charge in [0.15, 0.2) is 0 Å². The summed E-state index contributed by atoms with van der Waals surface area (Å²) >= 11 is 6.17. The summed E-state index contributed by atoms with van der Waals surface area (Å²) in [5, 5.41) is 9.30. The van der Waals surface area contributed by atoms with E-state index in [2.05, 4.69) is 9.97 Å². The number of nitrogens with zero attached hydrogens (tertiary/aromatic N) is 2. The van der Waals surface area contributed by atoms with Crippen molar-refractivity contribution >= 4 is 48.5 Å². The molecular weight excluding hydrogens is 432 g/mol. The number of halogens is 6. The quantitative estimate of drug-likeness (QED) is 0.763. The summed E-state index contributed by atoms with van der Waals surface area (Å²) < 4.78 is 44.2. The molecule has 0 spiro atoms. The van der Waals surface area contributed by atoms with Crippen LogP contribution >= 0.6 is 36.4 Å². The highest BCUT2D eigenvalue weighted by Gasteiger charge is 2.48. The molecule has 0 saturated heterocycles. The summed E-state index contributed by atoms with van der Waals surface area (Å²) in [7, 11) is 0. The largest absolute Gasteiger partial charge is 0.478 e. The number of carboxylic acids is 1. The normalized spacial score (nSPS) is 15.4. The number of alkyl halides is 3. The van der Waals surface area contributed by atoms with Gasteiger partial charge in [-0.25, -0.2) is 14.8 Å². The molecule has 5 nitrogen and oxygen atoms in total. The van der Waals surface area contributed by atoms with Crippen LogP contribution in [0.3, 0.4) is 0 Å². The van der Waals surface area contributed by atoms with Gasteiger partial charge in [-0.3, -0.25) is 0 Å². The van der Waals surface area contributed by atoms with Crippen LogP contribution in [0.2, 0.25) is 5.02 Å². The first-order valence-corrected chi connectivity index (χ1v) is 7.38. The number of hydrogen-bond acceptors (Lipinski definition) is 4. The third-order valence-electron chi connectivity index (χ3n) is 3.57. The molecule has 27 heavy (non-hydrogen) atoms. The van der Waals surface area contributed by atoms with Crippen molar-refractivity contribution in [3.05, 3.63) is 58.1 Å². The lowest BCUT2D eigenvalue weighted by Crippen LogP contribution is -2.40. The maximum atomic E-state index is 13.1. The van der Waals surface area contributed by atoms with Gasteiger partial charge in [-0.15, -0.1) is 24.8 Å². The summed E-state index contributed by atoms with van der Waals surface area (Å²) in [6.07, 6.45) is -1.69. The SMILES string of the molecule is Cl.Cl.O=C(O)C1=Cc2cc(Cl)c(Cc3cncnc3)cc2OC1C(F)(F)F. The lowest BCUT2D eigenvalue weighted by Gasteiger charge is -2.27. The second-order valence-electron chi connectivity index (χ2n) is 5.35. The fourth-order valence-corrected chi connectivity index (χ4v) is 2.69. The van der Waals surface area contributed by atoms with Gasteiger partial charge in [0.05, 0.1) is 5.57 Å². The Morgan fingerprint density at radius 3 is 2.41 bits per heavy atom. The van der Waals surface area contributed by atoms with Crippen molar-refractivity contribution in [2.75, 3.05) is 0 Å². The van der Waals surface area contributed by atoms with E-state index in [1.807, 2.05) is 0 Å². The Kier molecular flexibility index (Phi) is 7.48. The number of ether oxygens (including phenoxy) is 1. The van der Waals surface area contributed by atoms with Crippen molar-refractivity contribution in [1.29, 1.82) is 0 Å². The Hall–Kier alpha value is -2.03. The molecule has 1 atom stereocenters. The van der Waals surface area contributed by atoms with Crippen LogP contribution in [-0.2, 0) is 11.2 Å². The first kappa shape index (κ1) is 23.0. The molecular formula is C16H12Cl3F3N2O3. The predicted molar refractivity (Wildman–Crippen MR) is 96.9 cm³/mol. The average Bonchev–Trinajstić information content (AvgIpc) is 2.54. The van der Waals surface area contributed by atoms with Gasteiger partial charge in [0.1, 0.15) is 12.1 Å². The van der Waals surface area contributed by atoms with Crippen molar-refractivity contribution in [2.24, 2.45) is 0 Å². The van der Waals surface area contributed by atoms with Gasteiger partial charge in [-0.05, 0) is 29.3 Å². The zero-order valence-corrected chi connectivity index (χ0v) is 15.6. The highest BCUT2D eigenvalue weighted by Crippen LogP contribution is 2.39. The van der Waals surface area contributed by atoms with E-state index in [0.717, 1.165) is 6.08 Å². The number of benzene rings is 1. The van der Waals surface area contributed by atoms with Crippen LogP contribution in [0.4, 0.5) is 13.2 Å². The maximum Gasteiger partial charge on any atom is 0.430 e. The first-order chi connectivity index (χ1) is 11.8. The molecule has 1 unspecified atom stereocenters. The zero-order valence-electron chi connectivity index (χ0n) is 13.2. The van der Waals surface area contributed by atoms with E-state index in [1.165, 1.54) is 18.5 Å². The molecule has 1 aliphatic heterocycles. The zero-order chi connectivity index (χ0) is 18.2. The lowest BCUT2D eigenvalue weighted by atomic mass is 9.98. The Morgan fingerprint density at radius 1 is 1.22 bits per heavy atom. The molecule has 0 fully saturated rings. The van der Waals surface area contributed by atoms with E-state index in [0.29, 0.717) is 17.5 Å². The molecule has 2 aromatic rings. The second-order valence-corrected chi connectivity index (χ2v) is 5.76. The molecule has 1 aromatic carbocycles. The number of carbonyl (C=O) groups is 1. The second kappa shape index (κ2) is 8.77. The topological polar surface area (TPSA) is 72.3 Å². The number of fused-ring (bicyclic) bond motifs is 1. The maximum absolute atomic E-state index is 13.1. The Labute approximate surface area is 169 Å². The van der Waals surface area contributed by atoms with Crippen LogP contribution in [-0.4, -0.2) is 33.3 Å². The van der Waals surface area contributed by atoms with Gasteiger partial charge in [0, 0.05) is 29.4 Å². The average molecular weight is 444 g/mol. The van der Waals surface area contributed by atoms with Crippen LogP contribution in [0, 0.1) is 0 Å². The summed E-state index contributed by atoms with van der Waals surface area (Å²) in [5.74, 6) is -1.78. The third kappa shape index (κ3) is 5.03. The number of hydrogen-bond donors (Lipinski definition) is 1. The van der Waals surface area contributed by atoms with E-state index >= 15 is 0 Å². The highest BCUT2D eigenvalue weighted by atomic mass is 35.5. The van der Waals surface area contributed by atoms with Gasteiger partial charge in [-0.1, -0.05) is 11.6 Å². The summed E-state index contributed by atoms with van der Waals surface area (Å²) in [4.78, 5) is 18.8. The standard InChI is InChI=1S/C16H10ClF3N2O3.2ClH/c17-12-3-10-2-11(15(23)24)14(16(18,19)20)25-13(10)4-9(12)1-8-5-21-7-22-6-8;;/h2-7,14H,1H2,(H,23,24);2*1H. The summed E-state index contributed by atoms with van der Waals surface area (Å²) in [6.45, 7) is 0. The highest BCUT2D eigenvalue weighted by molar-refractivity contribution is 6.31. The predicted octanol–water partition coefficient (Wildman–Crippen LogP) is 4.36. The van der Waals surface area contributed by atoms with E-state index in [9.17, 15) is 18.0 Å². The molecule has 0 aliphatic carbocycles. The summed E-state index contributed by atoms with van der Waals surface area (Å²) in [5.41, 5.74) is 0.522. The van der Waals surface area contributed by atoms with Gasteiger partial charge in [0.2, 0.25) is 6.10 Å². The number of carboxylic acid groups (broad SMARTS) is 1. The molecule has 0 bridgehead atoms. The minimum absolute atomic E-state index is 0.